The monoisotopic (exact) mass is 407 g/mol. The normalized spacial score (nSPS) is 26.0. The Morgan fingerprint density at radius 2 is 1.67 bits per heavy atom. The average molecular weight is 408 g/mol. The Morgan fingerprint density at radius 1 is 1.00 bits per heavy atom. The highest BCUT2D eigenvalue weighted by Gasteiger charge is 2.50. The molecule has 2 aliphatic carbocycles. The minimum atomic E-state index is -0.858. The third kappa shape index (κ3) is 3.23. The number of aromatic nitrogens is 1. The van der Waals surface area contributed by atoms with Crippen molar-refractivity contribution < 1.29 is 9.59 Å². The molecule has 5 nitrogen and oxygen atoms in total. The van der Waals surface area contributed by atoms with Crippen LogP contribution in [0.15, 0.2) is 30.3 Å². The molecular formula is C25H33N3O2. The third-order valence-corrected chi connectivity index (χ3v) is 7.62. The number of carbonyl (C=O) groups is 2. The fraction of sp³-hybridized carbons (Fsp3) is 0.600. The zero-order valence-corrected chi connectivity index (χ0v) is 18.0. The molecule has 1 unspecified atom stereocenters. The van der Waals surface area contributed by atoms with Gasteiger partial charge in [-0.25, -0.2) is 0 Å². The second-order valence-electron chi connectivity index (χ2n) is 9.72. The lowest BCUT2D eigenvalue weighted by molar-refractivity contribution is -0.135. The van der Waals surface area contributed by atoms with Crippen molar-refractivity contribution in [3.8, 4) is 0 Å². The van der Waals surface area contributed by atoms with Gasteiger partial charge in [-0.3, -0.25) is 9.59 Å². The number of rotatable bonds is 3. The molecule has 1 aromatic carbocycles. The van der Waals surface area contributed by atoms with Gasteiger partial charge < -0.3 is 14.8 Å². The van der Waals surface area contributed by atoms with Crippen molar-refractivity contribution in [2.75, 3.05) is 0 Å². The zero-order chi connectivity index (χ0) is 20.7. The van der Waals surface area contributed by atoms with Crippen molar-refractivity contribution in [2.45, 2.75) is 95.3 Å². The van der Waals surface area contributed by atoms with Gasteiger partial charge in [0.2, 0.25) is 5.91 Å². The summed E-state index contributed by atoms with van der Waals surface area (Å²) in [5.41, 5.74) is 0.913. The van der Waals surface area contributed by atoms with Crippen LogP contribution in [-0.2, 0) is 11.3 Å². The molecule has 1 aromatic heterocycles. The molecule has 30 heavy (non-hydrogen) atoms. The predicted molar refractivity (Wildman–Crippen MR) is 118 cm³/mol. The molecule has 5 heteroatoms. The average Bonchev–Trinajstić information content (AvgIpc) is 3.29. The van der Waals surface area contributed by atoms with E-state index >= 15 is 0 Å². The molecular weight excluding hydrogens is 374 g/mol. The van der Waals surface area contributed by atoms with E-state index in [4.69, 9.17) is 0 Å². The van der Waals surface area contributed by atoms with Crippen LogP contribution in [0.3, 0.4) is 0 Å². The van der Waals surface area contributed by atoms with Crippen molar-refractivity contribution in [1.29, 1.82) is 0 Å². The van der Waals surface area contributed by atoms with Crippen LogP contribution in [0.4, 0.5) is 0 Å². The smallest absolute Gasteiger partial charge is 0.271 e. The molecule has 2 aromatic rings. The van der Waals surface area contributed by atoms with Gasteiger partial charge in [0.1, 0.15) is 11.2 Å². The third-order valence-electron chi connectivity index (χ3n) is 7.62. The molecule has 0 radical (unpaired) electrons. The Hall–Kier alpha value is -2.30. The van der Waals surface area contributed by atoms with Gasteiger partial charge >= 0.3 is 0 Å². The zero-order valence-electron chi connectivity index (χ0n) is 18.0. The fourth-order valence-electron chi connectivity index (χ4n) is 5.97. The van der Waals surface area contributed by atoms with E-state index in [2.05, 4.69) is 22.0 Å². The van der Waals surface area contributed by atoms with Crippen molar-refractivity contribution in [1.82, 2.24) is 14.8 Å². The van der Waals surface area contributed by atoms with Crippen molar-refractivity contribution in [2.24, 2.45) is 0 Å². The van der Waals surface area contributed by atoms with Crippen LogP contribution >= 0.6 is 0 Å². The first kappa shape index (κ1) is 19.7. The molecule has 0 bridgehead atoms. The maximum atomic E-state index is 13.9. The summed E-state index contributed by atoms with van der Waals surface area (Å²) in [6, 6.07) is 10.5. The lowest BCUT2D eigenvalue weighted by atomic mass is 9.90. The number of benzene rings is 1. The van der Waals surface area contributed by atoms with E-state index in [1.807, 2.05) is 30.0 Å². The molecule has 2 fully saturated rings. The van der Waals surface area contributed by atoms with E-state index in [1.165, 1.54) is 25.7 Å². The fourth-order valence-corrected chi connectivity index (χ4v) is 5.97. The molecule has 0 saturated heterocycles. The first-order valence-corrected chi connectivity index (χ1v) is 11.8. The Bertz CT molecular complexity index is 950. The Morgan fingerprint density at radius 3 is 2.40 bits per heavy atom. The minimum Gasteiger partial charge on any atom is -0.351 e. The number of para-hydroxylation sites is 1. The largest absolute Gasteiger partial charge is 0.351 e. The van der Waals surface area contributed by atoms with Crippen LogP contribution in [0.5, 0.6) is 0 Å². The lowest BCUT2D eigenvalue weighted by Gasteiger charge is -2.48. The summed E-state index contributed by atoms with van der Waals surface area (Å²) in [5.74, 6) is 0.0452. The van der Waals surface area contributed by atoms with Gasteiger partial charge in [-0.15, -0.1) is 0 Å². The summed E-state index contributed by atoms with van der Waals surface area (Å²) < 4.78 is 2.08. The van der Waals surface area contributed by atoms with E-state index in [1.54, 1.807) is 0 Å². The summed E-state index contributed by atoms with van der Waals surface area (Å²) in [7, 11) is 0. The SMILES string of the molecule is CC1(C(=O)NC2CCCC2)Cn2c(cc3ccccc32)C(=O)N1C1CCCCCC1. The van der Waals surface area contributed by atoms with Gasteiger partial charge in [-0.2, -0.15) is 0 Å². The van der Waals surface area contributed by atoms with Crippen LogP contribution in [0.1, 0.15) is 81.6 Å². The maximum Gasteiger partial charge on any atom is 0.271 e. The molecule has 2 heterocycles. The second kappa shape index (κ2) is 7.75. The first-order chi connectivity index (χ1) is 14.6. The molecule has 160 valence electrons. The molecule has 1 atom stereocenters. The number of hydrogen-bond acceptors (Lipinski definition) is 2. The Kier molecular flexibility index (Phi) is 5.08. The van der Waals surface area contributed by atoms with E-state index in [9.17, 15) is 9.59 Å². The van der Waals surface area contributed by atoms with Crippen LogP contribution in [0.25, 0.3) is 10.9 Å². The predicted octanol–water partition coefficient (Wildman–Crippen LogP) is 4.64. The number of amides is 2. The number of carbonyl (C=O) groups excluding carboxylic acids is 2. The van der Waals surface area contributed by atoms with E-state index in [0.29, 0.717) is 6.54 Å². The standard InChI is InChI=1S/C25H33N3O2/c1-25(24(30)26-19-11-7-8-12-19)17-27-21-15-9-6-10-18(21)16-22(27)23(29)28(25)20-13-4-2-3-5-14-20/h6,9-10,15-16,19-20H,2-5,7-8,11-14,17H2,1H3,(H,26,30). The van der Waals surface area contributed by atoms with Crippen molar-refractivity contribution in [3.05, 3.63) is 36.0 Å². The molecule has 1 N–H and O–H groups in total. The summed E-state index contributed by atoms with van der Waals surface area (Å²) in [4.78, 5) is 29.6. The van der Waals surface area contributed by atoms with E-state index in [0.717, 1.165) is 55.1 Å². The summed E-state index contributed by atoms with van der Waals surface area (Å²) in [6.07, 6.45) is 11.2. The number of nitrogens with zero attached hydrogens (tertiary/aromatic N) is 2. The number of hydrogen-bond donors (Lipinski definition) is 1. The van der Waals surface area contributed by atoms with Gasteiger partial charge in [0.05, 0.1) is 6.54 Å². The van der Waals surface area contributed by atoms with Crippen LogP contribution in [0.2, 0.25) is 0 Å². The van der Waals surface area contributed by atoms with Gasteiger partial charge in [0, 0.05) is 23.0 Å². The Labute approximate surface area is 178 Å². The Balaban J connectivity index is 1.57. The van der Waals surface area contributed by atoms with Crippen LogP contribution in [-0.4, -0.2) is 38.9 Å². The highest BCUT2D eigenvalue weighted by atomic mass is 16.2. The van der Waals surface area contributed by atoms with Crippen molar-refractivity contribution >= 4 is 22.7 Å². The highest BCUT2D eigenvalue weighted by Crippen LogP contribution is 2.37. The lowest BCUT2D eigenvalue weighted by Crippen LogP contribution is -2.67. The number of fused-ring (bicyclic) bond motifs is 3. The molecule has 1 aliphatic heterocycles. The van der Waals surface area contributed by atoms with Crippen molar-refractivity contribution in [3.63, 3.8) is 0 Å². The van der Waals surface area contributed by atoms with Gasteiger partial charge in [0.15, 0.2) is 0 Å². The topological polar surface area (TPSA) is 54.3 Å². The molecule has 3 aliphatic rings. The number of nitrogens with one attached hydrogen (secondary N) is 1. The first-order valence-electron chi connectivity index (χ1n) is 11.8. The maximum absolute atomic E-state index is 13.9. The molecule has 0 spiro atoms. The van der Waals surface area contributed by atoms with Crippen LogP contribution < -0.4 is 5.32 Å². The van der Waals surface area contributed by atoms with E-state index in [-0.39, 0.29) is 23.9 Å². The summed E-state index contributed by atoms with van der Waals surface area (Å²) in [6.45, 7) is 2.52. The molecule has 2 saturated carbocycles. The highest BCUT2D eigenvalue weighted by molar-refractivity contribution is 6.03. The van der Waals surface area contributed by atoms with Gasteiger partial charge in [0.25, 0.3) is 5.91 Å². The molecule has 5 rings (SSSR count). The minimum absolute atomic E-state index is 0.0217. The summed E-state index contributed by atoms with van der Waals surface area (Å²) >= 11 is 0. The summed E-state index contributed by atoms with van der Waals surface area (Å²) in [5, 5.41) is 4.39. The quantitative estimate of drug-likeness (QED) is 0.754. The van der Waals surface area contributed by atoms with Gasteiger partial charge in [-0.05, 0) is 44.7 Å². The second-order valence-corrected chi connectivity index (χ2v) is 9.72. The van der Waals surface area contributed by atoms with Crippen LogP contribution in [0, 0.1) is 0 Å². The van der Waals surface area contributed by atoms with E-state index < -0.39 is 5.54 Å². The van der Waals surface area contributed by atoms with Gasteiger partial charge in [-0.1, -0.05) is 56.7 Å². The molecule has 2 amide bonds.